The van der Waals surface area contributed by atoms with Crippen LogP contribution in [0.4, 0.5) is 0 Å². The molecule has 0 spiro atoms. The molecule has 116 valence electrons. The summed E-state index contributed by atoms with van der Waals surface area (Å²) in [5, 5.41) is 8.63. The SMILES string of the molecule is O=C(O)C=CC=C1CN(C(c2ccccc2)c2ccccc2)C1. The van der Waals surface area contributed by atoms with E-state index in [1.807, 2.05) is 18.2 Å². The second kappa shape index (κ2) is 7.07. The van der Waals surface area contributed by atoms with Crippen molar-refractivity contribution in [1.82, 2.24) is 4.90 Å². The van der Waals surface area contributed by atoms with Crippen LogP contribution in [0.25, 0.3) is 0 Å². The van der Waals surface area contributed by atoms with E-state index in [-0.39, 0.29) is 6.04 Å². The molecule has 1 saturated heterocycles. The highest BCUT2D eigenvalue weighted by Crippen LogP contribution is 2.33. The molecular weight excluding hydrogens is 286 g/mol. The molecule has 0 radical (unpaired) electrons. The fraction of sp³-hybridized carbons (Fsp3) is 0.150. The van der Waals surface area contributed by atoms with Crippen molar-refractivity contribution in [2.75, 3.05) is 13.1 Å². The first kappa shape index (κ1) is 15.3. The zero-order valence-electron chi connectivity index (χ0n) is 12.8. The fourth-order valence-electron chi connectivity index (χ4n) is 2.91. The van der Waals surface area contributed by atoms with Gasteiger partial charge in [-0.1, -0.05) is 72.8 Å². The minimum atomic E-state index is -0.913. The molecule has 0 amide bonds. The van der Waals surface area contributed by atoms with Crippen LogP contribution < -0.4 is 0 Å². The summed E-state index contributed by atoms with van der Waals surface area (Å²) in [5.74, 6) is -0.913. The maximum atomic E-state index is 10.5. The van der Waals surface area contributed by atoms with Crippen LogP contribution in [0.1, 0.15) is 17.2 Å². The van der Waals surface area contributed by atoms with Gasteiger partial charge in [-0.3, -0.25) is 4.90 Å². The lowest BCUT2D eigenvalue weighted by Crippen LogP contribution is -2.43. The first-order chi connectivity index (χ1) is 11.2. The molecule has 2 aromatic rings. The molecule has 0 aromatic heterocycles. The molecular formula is C20H19NO2. The van der Waals surface area contributed by atoms with Gasteiger partial charge in [-0.05, 0) is 16.7 Å². The van der Waals surface area contributed by atoms with Crippen molar-refractivity contribution in [3.63, 3.8) is 0 Å². The third-order valence-corrected chi connectivity index (χ3v) is 3.98. The van der Waals surface area contributed by atoms with Gasteiger partial charge in [0, 0.05) is 19.2 Å². The van der Waals surface area contributed by atoms with Crippen molar-refractivity contribution < 1.29 is 9.90 Å². The van der Waals surface area contributed by atoms with Crippen molar-refractivity contribution >= 4 is 5.97 Å². The van der Waals surface area contributed by atoms with Crippen molar-refractivity contribution in [3.05, 3.63) is 95.6 Å². The van der Waals surface area contributed by atoms with E-state index in [0.717, 1.165) is 13.1 Å². The minimum Gasteiger partial charge on any atom is -0.478 e. The number of benzene rings is 2. The predicted molar refractivity (Wildman–Crippen MR) is 91.2 cm³/mol. The van der Waals surface area contributed by atoms with Gasteiger partial charge in [-0.15, -0.1) is 0 Å². The second-order valence-corrected chi connectivity index (χ2v) is 5.65. The van der Waals surface area contributed by atoms with E-state index in [9.17, 15) is 4.79 Å². The molecule has 3 rings (SSSR count). The molecule has 0 bridgehead atoms. The van der Waals surface area contributed by atoms with E-state index < -0.39 is 5.97 Å². The summed E-state index contributed by atoms with van der Waals surface area (Å²) in [6.45, 7) is 1.72. The van der Waals surface area contributed by atoms with Crippen LogP contribution in [0.15, 0.2) is 84.5 Å². The topological polar surface area (TPSA) is 40.5 Å². The Morgan fingerprint density at radius 3 is 1.96 bits per heavy atom. The summed E-state index contributed by atoms with van der Waals surface area (Å²) < 4.78 is 0. The highest BCUT2D eigenvalue weighted by Gasteiger charge is 2.29. The molecule has 2 aromatic carbocycles. The highest BCUT2D eigenvalue weighted by molar-refractivity contribution is 5.80. The van der Waals surface area contributed by atoms with E-state index in [1.54, 1.807) is 6.08 Å². The molecule has 0 unspecified atom stereocenters. The fourth-order valence-corrected chi connectivity index (χ4v) is 2.91. The van der Waals surface area contributed by atoms with Crippen molar-refractivity contribution in [2.45, 2.75) is 6.04 Å². The van der Waals surface area contributed by atoms with E-state index in [1.165, 1.54) is 22.8 Å². The Balaban J connectivity index is 1.78. The number of carbonyl (C=O) groups is 1. The van der Waals surface area contributed by atoms with Gasteiger partial charge in [0.1, 0.15) is 0 Å². The van der Waals surface area contributed by atoms with Crippen LogP contribution in [0, 0.1) is 0 Å². The van der Waals surface area contributed by atoms with Gasteiger partial charge in [0.15, 0.2) is 0 Å². The van der Waals surface area contributed by atoms with Crippen LogP contribution >= 0.6 is 0 Å². The number of hydrogen-bond donors (Lipinski definition) is 1. The molecule has 0 aliphatic carbocycles. The standard InChI is InChI=1S/C20H19NO2/c22-19(23)13-7-8-16-14-21(15-16)20(17-9-3-1-4-10-17)18-11-5-2-6-12-18/h1-13,20H,14-15H2,(H,22,23). The zero-order chi connectivity index (χ0) is 16.1. The molecule has 1 N–H and O–H groups in total. The van der Waals surface area contributed by atoms with Crippen LogP contribution in [0.5, 0.6) is 0 Å². The molecule has 3 nitrogen and oxygen atoms in total. The van der Waals surface area contributed by atoms with E-state index >= 15 is 0 Å². The third-order valence-electron chi connectivity index (χ3n) is 3.98. The van der Waals surface area contributed by atoms with Crippen LogP contribution in [0.3, 0.4) is 0 Å². The Morgan fingerprint density at radius 2 is 1.48 bits per heavy atom. The summed E-state index contributed by atoms with van der Waals surface area (Å²) in [4.78, 5) is 12.9. The number of hydrogen-bond acceptors (Lipinski definition) is 2. The number of aliphatic carboxylic acids is 1. The number of nitrogens with zero attached hydrogens (tertiary/aromatic N) is 1. The average molecular weight is 305 g/mol. The lowest BCUT2D eigenvalue weighted by Gasteiger charge is -2.41. The minimum absolute atomic E-state index is 0.234. The first-order valence-corrected chi connectivity index (χ1v) is 7.67. The number of rotatable bonds is 5. The van der Waals surface area contributed by atoms with Gasteiger partial charge in [0.2, 0.25) is 0 Å². The summed E-state index contributed by atoms with van der Waals surface area (Å²) in [6, 6.07) is 21.2. The molecule has 1 aliphatic heterocycles. The molecule has 3 heteroatoms. The Labute approximate surface area is 136 Å². The Bertz CT molecular complexity index is 672. The summed E-state index contributed by atoms with van der Waals surface area (Å²) >= 11 is 0. The molecule has 0 saturated carbocycles. The molecule has 1 aliphatic rings. The largest absolute Gasteiger partial charge is 0.478 e. The average Bonchev–Trinajstić information content (AvgIpc) is 2.54. The Hall–Kier alpha value is -2.65. The molecule has 23 heavy (non-hydrogen) atoms. The number of likely N-dealkylation sites (tertiary alicyclic amines) is 1. The van der Waals surface area contributed by atoms with Crippen LogP contribution in [-0.4, -0.2) is 29.1 Å². The Kier molecular flexibility index (Phi) is 4.69. The van der Waals surface area contributed by atoms with E-state index in [2.05, 4.69) is 53.4 Å². The van der Waals surface area contributed by atoms with Gasteiger partial charge in [-0.2, -0.15) is 0 Å². The van der Waals surface area contributed by atoms with Crippen LogP contribution in [0.2, 0.25) is 0 Å². The number of carboxylic acid groups (broad SMARTS) is 1. The summed E-state index contributed by atoms with van der Waals surface area (Å²) in [6.07, 6.45) is 4.67. The quantitative estimate of drug-likeness (QED) is 0.857. The van der Waals surface area contributed by atoms with Gasteiger partial charge < -0.3 is 5.11 Å². The number of carboxylic acids is 1. The normalized spacial score (nSPS) is 14.9. The van der Waals surface area contributed by atoms with Gasteiger partial charge in [0.05, 0.1) is 6.04 Å². The first-order valence-electron chi connectivity index (χ1n) is 7.67. The molecule has 0 atom stereocenters. The van der Waals surface area contributed by atoms with Crippen molar-refractivity contribution in [1.29, 1.82) is 0 Å². The van der Waals surface area contributed by atoms with Crippen molar-refractivity contribution in [3.8, 4) is 0 Å². The summed E-state index contributed by atoms with van der Waals surface area (Å²) in [5.41, 5.74) is 3.80. The predicted octanol–water partition coefficient (Wildman–Crippen LogP) is 3.66. The monoisotopic (exact) mass is 305 g/mol. The molecule has 1 fully saturated rings. The maximum Gasteiger partial charge on any atom is 0.328 e. The molecule has 1 heterocycles. The van der Waals surface area contributed by atoms with Crippen LogP contribution in [-0.2, 0) is 4.79 Å². The Morgan fingerprint density at radius 1 is 0.957 bits per heavy atom. The van der Waals surface area contributed by atoms with E-state index in [0.29, 0.717) is 0 Å². The summed E-state index contributed by atoms with van der Waals surface area (Å²) in [7, 11) is 0. The second-order valence-electron chi connectivity index (χ2n) is 5.65. The smallest absolute Gasteiger partial charge is 0.328 e. The van der Waals surface area contributed by atoms with Gasteiger partial charge in [0.25, 0.3) is 0 Å². The third kappa shape index (κ3) is 3.76. The number of allylic oxidation sites excluding steroid dienone is 2. The lowest BCUT2D eigenvalue weighted by molar-refractivity contribution is -0.131. The zero-order valence-corrected chi connectivity index (χ0v) is 12.8. The van der Waals surface area contributed by atoms with E-state index in [4.69, 9.17) is 5.11 Å². The van der Waals surface area contributed by atoms with Gasteiger partial charge in [-0.25, -0.2) is 4.79 Å². The maximum absolute atomic E-state index is 10.5. The lowest BCUT2D eigenvalue weighted by atomic mass is 9.93. The van der Waals surface area contributed by atoms with Gasteiger partial charge >= 0.3 is 5.97 Å². The van der Waals surface area contributed by atoms with Crippen molar-refractivity contribution in [2.24, 2.45) is 0 Å². The highest BCUT2D eigenvalue weighted by atomic mass is 16.4.